The Labute approximate surface area is 115 Å². The van der Waals surface area contributed by atoms with Crippen LogP contribution in [0, 0.1) is 0 Å². The fourth-order valence-corrected chi connectivity index (χ4v) is 2.01. The van der Waals surface area contributed by atoms with E-state index in [2.05, 4.69) is 15.0 Å². The van der Waals surface area contributed by atoms with E-state index < -0.39 is 0 Å². The van der Waals surface area contributed by atoms with Gasteiger partial charge in [0.15, 0.2) is 5.65 Å². The van der Waals surface area contributed by atoms with Gasteiger partial charge in [-0.15, -0.1) is 0 Å². The van der Waals surface area contributed by atoms with Crippen molar-refractivity contribution < 1.29 is 5.11 Å². The molecule has 0 aliphatic rings. The number of para-hydroxylation sites is 1. The van der Waals surface area contributed by atoms with E-state index in [1.807, 2.05) is 31.1 Å². The van der Waals surface area contributed by atoms with Crippen LogP contribution in [-0.2, 0) is 0 Å². The molecule has 0 saturated heterocycles. The zero-order valence-corrected chi connectivity index (χ0v) is 11.3. The number of benzene rings is 1. The number of nitrogens with two attached hydrogens (primary N) is 1. The lowest BCUT2D eigenvalue weighted by molar-refractivity contribution is 0.479. The summed E-state index contributed by atoms with van der Waals surface area (Å²) in [6.45, 7) is 0. The van der Waals surface area contributed by atoms with Gasteiger partial charge in [-0.05, 0) is 24.3 Å². The van der Waals surface area contributed by atoms with Gasteiger partial charge >= 0.3 is 0 Å². The van der Waals surface area contributed by atoms with Crippen LogP contribution in [0.25, 0.3) is 22.6 Å². The van der Waals surface area contributed by atoms with E-state index in [1.165, 1.54) is 0 Å². The van der Waals surface area contributed by atoms with Crippen molar-refractivity contribution in [3.05, 3.63) is 30.3 Å². The molecule has 3 aromatic rings. The summed E-state index contributed by atoms with van der Waals surface area (Å²) < 4.78 is 0. The highest BCUT2D eigenvalue weighted by Crippen LogP contribution is 2.32. The molecule has 3 rings (SSSR count). The van der Waals surface area contributed by atoms with Crippen LogP contribution < -0.4 is 10.6 Å². The predicted molar refractivity (Wildman–Crippen MR) is 79.7 cm³/mol. The number of pyridine rings is 1. The Kier molecular flexibility index (Phi) is 2.71. The average molecular weight is 269 g/mol. The first kappa shape index (κ1) is 12.3. The molecule has 0 atom stereocenters. The van der Waals surface area contributed by atoms with Gasteiger partial charge in [0.2, 0.25) is 0 Å². The fourth-order valence-electron chi connectivity index (χ4n) is 2.01. The summed E-state index contributed by atoms with van der Waals surface area (Å²) >= 11 is 0. The predicted octanol–water partition coefficient (Wildman–Crippen LogP) is 1.98. The number of phenolic OH excluding ortho intramolecular Hbond substituents is 1. The standard InChI is InChI=1S/C14H15N5O/c1-19(2)11-7-6-10-14(17-11)18-13(16-10)8-4-3-5-9(15)12(8)20/h3-7,20H,15H2,1-2H3,(H,16,17,18). The molecule has 102 valence electrons. The van der Waals surface area contributed by atoms with Crippen molar-refractivity contribution >= 4 is 22.7 Å². The molecule has 6 heteroatoms. The van der Waals surface area contributed by atoms with Crippen molar-refractivity contribution in [1.82, 2.24) is 15.0 Å². The highest BCUT2D eigenvalue weighted by Gasteiger charge is 2.12. The minimum Gasteiger partial charge on any atom is -0.505 e. The molecular formula is C14H15N5O. The molecule has 0 radical (unpaired) electrons. The highest BCUT2D eigenvalue weighted by atomic mass is 16.3. The highest BCUT2D eigenvalue weighted by molar-refractivity contribution is 5.81. The lowest BCUT2D eigenvalue weighted by Gasteiger charge is -2.09. The Bertz CT molecular complexity index is 778. The number of phenols is 1. The molecule has 1 aromatic carbocycles. The number of aromatic nitrogens is 3. The van der Waals surface area contributed by atoms with Crippen molar-refractivity contribution in [1.29, 1.82) is 0 Å². The Morgan fingerprint density at radius 3 is 2.70 bits per heavy atom. The number of imidazole rings is 1. The minimum atomic E-state index is 0.0272. The van der Waals surface area contributed by atoms with E-state index in [0.29, 0.717) is 22.7 Å². The number of anilines is 2. The third-order valence-electron chi connectivity index (χ3n) is 3.11. The number of H-pyrrole nitrogens is 1. The zero-order valence-electron chi connectivity index (χ0n) is 11.3. The van der Waals surface area contributed by atoms with Crippen LogP contribution in [0.5, 0.6) is 5.75 Å². The third-order valence-corrected chi connectivity index (χ3v) is 3.11. The number of fused-ring (bicyclic) bond motifs is 1. The van der Waals surface area contributed by atoms with Gasteiger partial charge in [-0.1, -0.05) is 6.07 Å². The number of nitrogens with zero attached hydrogens (tertiary/aromatic N) is 3. The summed E-state index contributed by atoms with van der Waals surface area (Å²) in [5, 5.41) is 10.0. The van der Waals surface area contributed by atoms with E-state index in [1.54, 1.807) is 18.2 Å². The van der Waals surface area contributed by atoms with E-state index in [9.17, 15) is 5.11 Å². The van der Waals surface area contributed by atoms with E-state index >= 15 is 0 Å². The average Bonchev–Trinajstić information content (AvgIpc) is 2.84. The molecule has 0 fully saturated rings. The summed E-state index contributed by atoms with van der Waals surface area (Å²) in [6.07, 6.45) is 0. The molecule has 20 heavy (non-hydrogen) atoms. The Morgan fingerprint density at radius 2 is 1.95 bits per heavy atom. The van der Waals surface area contributed by atoms with Crippen LogP contribution >= 0.6 is 0 Å². The van der Waals surface area contributed by atoms with Gasteiger partial charge in [-0.2, -0.15) is 0 Å². The van der Waals surface area contributed by atoms with Crippen molar-refractivity contribution in [3.8, 4) is 17.1 Å². The van der Waals surface area contributed by atoms with Crippen LogP contribution in [-0.4, -0.2) is 34.2 Å². The number of nitrogens with one attached hydrogen (secondary N) is 1. The van der Waals surface area contributed by atoms with E-state index in [4.69, 9.17) is 5.73 Å². The Hall–Kier alpha value is -2.76. The van der Waals surface area contributed by atoms with Gasteiger partial charge in [-0.3, -0.25) is 0 Å². The molecule has 0 spiro atoms. The normalized spacial score (nSPS) is 10.9. The van der Waals surface area contributed by atoms with Crippen LogP contribution in [0.1, 0.15) is 0 Å². The third kappa shape index (κ3) is 1.91. The molecule has 0 bridgehead atoms. The molecular weight excluding hydrogens is 254 g/mol. The van der Waals surface area contributed by atoms with Crippen molar-refractivity contribution in [2.45, 2.75) is 0 Å². The second kappa shape index (κ2) is 4.41. The topological polar surface area (TPSA) is 91.1 Å². The van der Waals surface area contributed by atoms with E-state index in [0.717, 1.165) is 11.3 Å². The monoisotopic (exact) mass is 269 g/mol. The summed E-state index contributed by atoms with van der Waals surface area (Å²) in [5.41, 5.74) is 8.01. The first-order chi connectivity index (χ1) is 9.56. The maximum atomic E-state index is 10.0. The summed E-state index contributed by atoms with van der Waals surface area (Å²) in [4.78, 5) is 13.9. The second-order valence-electron chi connectivity index (χ2n) is 4.76. The molecule has 0 aliphatic heterocycles. The van der Waals surface area contributed by atoms with Gasteiger partial charge in [0, 0.05) is 14.1 Å². The van der Waals surface area contributed by atoms with Crippen LogP contribution in [0.15, 0.2) is 30.3 Å². The van der Waals surface area contributed by atoms with Crippen molar-refractivity contribution in [2.24, 2.45) is 0 Å². The molecule has 2 heterocycles. The lowest BCUT2D eigenvalue weighted by atomic mass is 10.1. The van der Waals surface area contributed by atoms with Gasteiger partial charge in [-0.25, -0.2) is 9.97 Å². The molecule has 6 nitrogen and oxygen atoms in total. The maximum Gasteiger partial charge on any atom is 0.180 e. The first-order valence-electron chi connectivity index (χ1n) is 6.18. The van der Waals surface area contributed by atoms with E-state index in [-0.39, 0.29) is 5.75 Å². The second-order valence-corrected chi connectivity index (χ2v) is 4.76. The van der Waals surface area contributed by atoms with Gasteiger partial charge in [0.1, 0.15) is 17.4 Å². The van der Waals surface area contributed by atoms with Gasteiger partial charge in [0.05, 0.1) is 16.8 Å². The number of rotatable bonds is 2. The molecule has 4 N–H and O–H groups in total. The smallest absolute Gasteiger partial charge is 0.180 e. The number of aromatic amines is 1. The van der Waals surface area contributed by atoms with Gasteiger partial charge in [0.25, 0.3) is 0 Å². The van der Waals surface area contributed by atoms with Crippen LogP contribution in [0.2, 0.25) is 0 Å². The maximum absolute atomic E-state index is 10.0. The largest absolute Gasteiger partial charge is 0.505 e. The number of hydrogen-bond donors (Lipinski definition) is 3. The van der Waals surface area contributed by atoms with Gasteiger partial charge < -0.3 is 20.7 Å². The number of aromatic hydroxyl groups is 1. The van der Waals surface area contributed by atoms with Crippen molar-refractivity contribution in [3.63, 3.8) is 0 Å². The summed E-state index contributed by atoms with van der Waals surface area (Å²) in [7, 11) is 3.84. The van der Waals surface area contributed by atoms with Crippen LogP contribution in [0.3, 0.4) is 0 Å². The molecule has 0 amide bonds. The first-order valence-corrected chi connectivity index (χ1v) is 6.18. The SMILES string of the molecule is CN(C)c1ccc2[nH]c(-c3cccc(N)c3O)nc2n1. The quantitative estimate of drug-likeness (QED) is 0.489. The fraction of sp³-hybridized carbons (Fsp3) is 0.143. The Morgan fingerprint density at radius 1 is 1.15 bits per heavy atom. The Balaban J connectivity index is 2.15. The summed E-state index contributed by atoms with van der Waals surface area (Å²) in [5.74, 6) is 1.40. The van der Waals surface area contributed by atoms with Crippen molar-refractivity contribution in [2.75, 3.05) is 24.7 Å². The summed E-state index contributed by atoms with van der Waals surface area (Å²) in [6, 6.07) is 9.00. The molecule has 0 unspecified atom stereocenters. The zero-order chi connectivity index (χ0) is 14.3. The number of hydrogen-bond acceptors (Lipinski definition) is 5. The number of nitrogen functional groups attached to an aromatic ring is 1. The van der Waals surface area contributed by atoms with Crippen LogP contribution in [0.4, 0.5) is 11.5 Å². The molecule has 2 aromatic heterocycles. The minimum absolute atomic E-state index is 0.0272. The lowest BCUT2D eigenvalue weighted by Crippen LogP contribution is -2.10. The molecule has 0 saturated carbocycles. The molecule has 0 aliphatic carbocycles.